The van der Waals surface area contributed by atoms with Gasteiger partial charge >= 0.3 is 6.18 Å². The van der Waals surface area contributed by atoms with Gasteiger partial charge in [-0.3, -0.25) is 4.79 Å². The summed E-state index contributed by atoms with van der Waals surface area (Å²) in [5.41, 5.74) is 2.43. The number of halogens is 3. The Labute approximate surface area is 150 Å². The Morgan fingerprint density at radius 3 is 2.36 bits per heavy atom. The number of benzene rings is 1. The van der Waals surface area contributed by atoms with E-state index in [-0.39, 0.29) is 12.3 Å². The fourth-order valence-corrected chi connectivity index (χ4v) is 4.17. The monoisotopic (exact) mass is 372 g/mol. The molecule has 0 fully saturated rings. The predicted molar refractivity (Wildman–Crippen MR) is 96.4 cm³/mol. The van der Waals surface area contributed by atoms with Crippen LogP contribution in [0, 0.1) is 0 Å². The van der Waals surface area contributed by atoms with E-state index in [1.54, 1.807) is 13.8 Å². The Bertz CT molecular complexity index is 670. The molecule has 0 spiro atoms. The van der Waals surface area contributed by atoms with Crippen molar-refractivity contribution in [2.45, 2.75) is 45.2 Å². The molecule has 1 aliphatic rings. The number of hydrogen-bond acceptors (Lipinski definition) is 4. The van der Waals surface area contributed by atoms with Crippen LogP contribution >= 0.6 is 11.8 Å². The standard InChI is InChI=1S/C18H23F3N2OS/c1-5-14-6-8-15(9-7-14)22-10-17(4)23(11-18(19,20)21)12(2)16(25-17)13(3)24/h6-9,22H,5,10-11H2,1-4H3. The largest absolute Gasteiger partial charge is 0.405 e. The third-order valence-corrected chi connectivity index (χ3v) is 5.86. The van der Waals surface area contributed by atoms with Gasteiger partial charge in [-0.25, -0.2) is 0 Å². The molecule has 0 bridgehead atoms. The highest BCUT2D eigenvalue weighted by molar-refractivity contribution is 8.05. The second-order valence-electron chi connectivity index (χ2n) is 6.35. The van der Waals surface area contributed by atoms with Gasteiger partial charge in [0.05, 0.1) is 4.91 Å². The zero-order valence-corrected chi connectivity index (χ0v) is 15.6. The van der Waals surface area contributed by atoms with Crippen LogP contribution in [0.5, 0.6) is 0 Å². The summed E-state index contributed by atoms with van der Waals surface area (Å²) < 4.78 is 39.1. The topological polar surface area (TPSA) is 32.3 Å². The van der Waals surface area contributed by atoms with Crippen molar-refractivity contribution >= 4 is 23.2 Å². The molecule has 3 nitrogen and oxygen atoms in total. The number of rotatable bonds is 6. The lowest BCUT2D eigenvalue weighted by molar-refractivity contribution is -0.146. The van der Waals surface area contributed by atoms with Gasteiger partial charge in [0.1, 0.15) is 11.4 Å². The first-order chi connectivity index (χ1) is 11.6. The Morgan fingerprint density at radius 1 is 1.28 bits per heavy atom. The summed E-state index contributed by atoms with van der Waals surface area (Å²) >= 11 is 1.20. The third kappa shape index (κ3) is 4.71. The molecule has 0 saturated heterocycles. The molecule has 1 heterocycles. The van der Waals surface area contributed by atoms with E-state index in [1.165, 1.54) is 29.1 Å². The molecule has 1 aromatic carbocycles. The highest BCUT2D eigenvalue weighted by Gasteiger charge is 2.46. The van der Waals surface area contributed by atoms with Gasteiger partial charge in [-0.1, -0.05) is 30.8 Å². The first kappa shape index (κ1) is 19.7. The molecular weight excluding hydrogens is 349 g/mol. The first-order valence-corrected chi connectivity index (χ1v) is 8.95. The second kappa shape index (κ2) is 7.32. The SMILES string of the molecule is CCc1ccc(NCC2(C)SC(C(C)=O)=C(C)N2CC(F)(F)F)cc1. The zero-order valence-electron chi connectivity index (χ0n) is 14.8. The lowest BCUT2D eigenvalue weighted by Gasteiger charge is -2.38. The summed E-state index contributed by atoms with van der Waals surface area (Å²) in [5.74, 6) is -0.203. The van der Waals surface area contributed by atoms with Crippen LogP contribution in [-0.4, -0.2) is 34.8 Å². The zero-order chi connectivity index (χ0) is 18.8. The van der Waals surface area contributed by atoms with Gasteiger partial charge in [-0.2, -0.15) is 13.2 Å². The van der Waals surface area contributed by atoms with Crippen LogP contribution in [0.3, 0.4) is 0 Å². The maximum absolute atomic E-state index is 13.0. The molecule has 2 rings (SSSR count). The number of aryl methyl sites for hydroxylation is 1. The van der Waals surface area contributed by atoms with Gasteiger partial charge in [-0.15, -0.1) is 0 Å². The molecule has 0 amide bonds. The van der Waals surface area contributed by atoms with Crippen molar-refractivity contribution in [3.8, 4) is 0 Å². The van der Waals surface area contributed by atoms with Crippen LogP contribution < -0.4 is 5.32 Å². The van der Waals surface area contributed by atoms with E-state index < -0.39 is 17.6 Å². The normalized spacial score (nSPS) is 21.0. The lowest BCUT2D eigenvalue weighted by Crippen LogP contribution is -2.48. The number of nitrogens with zero attached hydrogens (tertiary/aromatic N) is 1. The van der Waals surface area contributed by atoms with Crippen LogP contribution in [0.25, 0.3) is 0 Å². The molecule has 0 saturated carbocycles. The van der Waals surface area contributed by atoms with E-state index in [2.05, 4.69) is 12.2 Å². The lowest BCUT2D eigenvalue weighted by atomic mass is 10.1. The Balaban J connectivity index is 2.19. The number of hydrogen-bond donors (Lipinski definition) is 1. The maximum atomic E-state index is 13.0. The van der Waals surface area contributed by atoms with E-state index in [9.17, 15) is 18.0 Å². The highest BCUT2D eigenvalue weighted by atomic mass is 32.2. The number of thioether (sulfide) groups is 1. The minimum absolute atomic E-state index is 0.203. The van der Waals surface area contributed by atoms with Crippen molar-refractivity contribution < 1.29 is 18.0 Å². The van der Waals surface area contributed by atoms with Gasteiger partial charge in [0.2, 0.25) is 0 Å². The fourth-order valence-electron chi connectivity index (χ4n) is 2.87. The van der Waals surface area contributed by atoms with Crippen molar-refractivity contribution in [3.63, 3.8) is 0 Å². The molecule has 1 unspecified atom stereocenters. The van der Waals surface area contributed by atoms with Crippen LogP contribution in [0.1, 0.15) is 33.3 Å². The molecule has 25 heavy (non-hydrogen) atoms. The number of anilines is 1. The first-order valence-electron chi connectivity index (χ1n) is 8.14. The van der Waals surface area contributed by atoms with Gasteiger partial charge in [0.15, 0.2) is 5.78 Å². The smallest absolute Gasteiger partial charge is 0.382 e. The quantitative estimate of drug-likeness (QED) is 0.777. The van der Waals surface area contributed by atoms with Gasteiger partial charge in [-0.05, 0) is 44.9 Å². The van der Waals surface area contributed by atoms with Crippen molar-refractivity contribution in [1.29, 1.82) is 0 Å². The van der Waals surface area contributed by atoms with E-state index >= 15 is 0 Å². The molecule has 0 aliphatic carbocycles. The molecule has 0 aromatic heterocycles. The molecule has 7 heteroatoms. The van der Waals surface area contributed by atoms with Crippen LogP contribution in [0.15, 0.2) is 34.9 Å². The number of nitrogens with one attached hydrogen (secondary N) is 1. The van der Waals surface area contributed by atoms with Crippen LogP contribution in [0.2, 0.25) is 0 Å². The number of carbonyl (C=O) groups is 1. The number of Topliss-reactive ketones (excluding diaryl/α,β-unsaturated/α-hetero) is 1. The summed E-state index contributed by atoms with van der Waals surface area (Å²) in [7, 11) is 0. The van der Waals surface area contributed by atoms with E-state index in [0.717, 1.165) is 12.1 Å². The molecule has 0 radical (unpaired) electrons. The molecule has 1 atom stereocenters. The predicted octanol–water partition coefficient (Wildman–Crippen LogP) is 4.81. The summed E-state index contributed by atoms with van der Waals surface area (Å²) in [6.07, 6.45) is -3.41. The Morgan fingerprint density at radius 2 is 1.88 bits per heavy atom. The van der Waals surface area contributed by atoms with Crippen LogP contribution in [0.4, 0.5) is 18.9 Å². The molecular formula is C18H23F3N2OS. The molecule has 1 N–H and O–H groups in total. The fraction of sp³-hybridized carbons (Fsp3) is 0.500. The van der Waals surface area contributed by atoms with Crippen LogP contribution in [-0.2, 0) is 11.2 Å². The van der Waals surface area contributed by atoms with E-state index in [4.69, 9.17) is 0 Å². The minimum atomic E-state index is -4.34. The Hall–Kier alpha value is -1.63. The average molecular weight is 372 g/mol. The number of alkyl halides is 3. The number of carbonyl (C=O) groups excluding carboxylic acids is 1. The number of ketones is 1. The molecule has 1 aliphatic heterocycles. The maximum Gasteiger partial charge on any atom is 0.405 e. The van der Waals surface area contributed by atoms with Gasteiger partial charge < -0.3 is 10.2 Å². The molecule has 1 aromatic rings. The summed E-state index contributed by atoms with van der Waals surface area (Å²) in [6.45, 7) is 5.97. The highest BCUT2D eigenvalue weighted by Crippen LogP contribution is 2.47. The van der Waals surface area contributed by atoms with Crippen molar-refractivity contribution in [2.75, 3.05) is 18.4 Å². The number of allylic oxidation sites excluding steroid dienone is 2. The molecule has 138 valence electrons. The Kier molecular flexibility index (Phi) is 5.76. The van der Waals surface area contributed by atoms with Gasteiger partial charge in [0.25, 0.3) is 0 Å². The van der Waals surface area contributed by atoms with Crippen molar-refractivity contribution in [2.24, 2.45) is 0 Å². The van der Waals surface area contributed by atoms with E-state index in [0.29, 0.717) is 10.6 Å². The van der Waals surface area contributed by atoms with E-state index in [1.807, 2.05) is 24.3 Å². The van der Waals surface area contributed by atoms with Crippen molar-refractivity contribution in [1.82, 2.24) is 4.90 Å². The summed E-state index contributed by atoms with van der Waals surface area (Å²) in [6, 6.07) is 7.82. The summed E-state index contributed by atoms with van der Waals surface area (Å²) in [4.78, 5) is 12.6. The third-order valence-electron chi connectivity index (χ3n) is 4.27. The van der Waals surface area contributed by atoms with Gasteiger partial charge in [0, 0.05) is 17.9 Å². The van der Waals surface area contributed by atoms with Crippen molar-refractivity contribution in [3.05, 3.63) is 40.4 Å². The minimum Gasteiger partial charge on any atom is -0.382 e. The average Bonchev–Trinajstić information content (AvgIpc) is 2.78. The summed E-state index contributed by atoms with van der Waals surface area (Å²) in [5, 5.41) is 3.21. The second-order valence-corrected chi connectivity index (χ2v) is 7.85.